The van der Waals surface area contributed by atoms with Gasteiger partial charge in [0.2, 0.25) is 0 Å². The largest absolute Gasteiger partial charge is 0.316 e. The molecule has 0 atom stereocenters. The third-order valence-electron chi connectivity index (χ3n) is 0.211. The van der Waals surface area contributed by atoms with Crippen LogP contribution in [0.1, 0.15) is 0 Å². The summed E-state index contributed by atoms with van der Waals surface area (Å²) in [4.78, 5) is 0. The molecule has 0 aromatic heterocycles. The van der Waals surface area contributed by atoms with Crippen LogP contribution in [-0.2, 0) is 10.1 Å². The average molecular weight is 199 g/mol. The van der Waals surface area contributed by atoms with E-state index in [0.29, 0.717) is 0 Å². The first-order chi connectivity index (χ1) is 2.56. The maximum Gasteiger partial charge on any atom is 0.277 e. The van der Waals surface area contributed by atoms with E-state index in [-0.39, 0.29) is 45.5 Å². The Morgan fingerprint density at radius 2 is 1.71 bits per heavy atom. The van der Waals surface area contributed by atoms with Crippen LogP contribution >= 0.6 is 0 Å². The maximum atomic E-state index is 9.43. The van der Waals surface area contributed by atoms with Gasteiger partial charge in [0.05, 0.1) is 0 Å². The van der Waals surface area contributed by atoms with Gasteiger partial charge in [0.15, 0.2) is 0 Å². The molecule has 0 aliphatic heterocycles. The molecular formula is CH5NO3SSr. The molecule has 40 valence electrons. The van der Waals surface area contributed by atoms with Gasteiger partial charge in [-0.25, -0.2) is 0 Å². The van der Waals surface area contributed by atoms with E-state index >= 15 is 0 Å². The molecular weight excluding hydrogens is 194 g/mol. The minimum Gasteiger partial charge on any atom is -0.316 e. The average Bonchev–Trinajstić information content (AvgIpc) is 1.35. The molecule has 0 heterocycles. The number of hydrogen-bond acceptors (Lipinski definition) is 3. The summed E-state index contributed by atoms with van der Waals surface area (Å²) in [7, 11) is -3.88. The molecule has 3 N–H and O–H groups in total. The summed E-state index contributed by atoms with van der Waals surface area (Å²) < 4.78 is 26.5. The van der Waals surface area contributed by atoms with Crippen molar-refractivity contribution in [2.24, 2.45) is 5.73 Å². The van der Waals surface area contributed by atoms with Crippen molar-refractivity contribution < 1.29 is 13.0 Å². The number of rotatable bonds is 1. The minimum atomic E-state index is -3.88. The van der Waals surface area contributed by atoms with Crippen molar-refractivity contribution >= 4 is 55.6 Å². The summed E-state index contributed by atoms with van der Waals surface area (Å²) in [6.45, 7) is 0. The van der Waals surface area contributed by atoms with Gasteiger partial charge in [-0.15, -0.1) is 0 Å². The molecule has 0 saturated heterocycles. The van der Waals surface area contributed by atoms with E-state index in [0.717, 1.165) is 0 Å². The van der Waals surface area contributed by atoms with Gasteiger partial charge in [0, 0.05) is 45.5 Å². The molecule has 0 spiro atoms. The Bertz CT molecular complexity index is 117. The fraction of sp³-hybridized carbons (Fsp3) is 1.00. The van der Waals surface area contributed by atoms with Crippen LogP contribution in [0, 0.1) is 0 Å². The number of hydrogen-bond donors (Lipinski definition) is 2. The van der Waals surface area contributed by atoms with Crippen LogP contribution in [0.3, 0.4) is 0 Å². The maximum absolute atomic E-state index is 9.43. The van der Waals surface area contributed by atoms with Crippen LogP contribution in [0.2, 0.25) is 0 Å². The summed E-state index contributed by atoms with van der Waals surface area (Å²) in [5.41, 5.74) is 4.47. The Morgan fingerprint density at radius 1 is 1.57 bits per heavy atom. The molecule has 0 rings (SSSR count). The molecule has 7 heavy (non-hydrogen) atoms. The van der Waals surface area contributed by atoms with E-state index in [1.54, 1.807) is 0 Å². The van der Waals surface area contributed by atoms with Crippen molar-refractivity contribution in [3.8, 4) is 0 Å². The molecule has 0 aromatic carbocycles. The van der Waals surface area contributed by atoms with Gasteiger partial charge in [-0.3, -0.25) is 4.55 Å². The normalized spacial score (nSPS) is 10.0. The Morgan fingerprint density at radius 3 is 1.71 bits per heavy atom. The fourth-order valence-electron chi connectivity index (χ4n) is 0. The molecule has 0 saturated carbocycles. The summed E-state index contributed by atoms with van der Waals surface area (Å²) >= 11 is 0. The quantitative estimate of drug-likeness (QED) is 0.393. The molecule has 0 bridgehead atoms. The molecule has 0 aliphatic rings. The topological polar surface area (TPSA) is 80.4 Å². The van der Waals surface area contributed by atoms with Crippen molar-refractivity contribution in [1.29, 1.82) is 0 Å². The SMILES string of the molecule is NCS(=O)(=O)O.[Sr]. The second-order valence-electron chi connectivity index (χ2n) is 0.749. The zero-order valence-electron chi connectivity index (χ0n) is 3.66. The summed E-state index contributed by atoms with van der Waals surface area (Å²) in [6.07, 6.45) is 0. The first kappa shape index (κ1) is 11.2. The van der Waals surface area contributed by atoms with Gasteiger partial charge < -0.3 is 5.73 Å². The summed E-state index contributed by atoms with van der Waals surface area (Å²) in [6, 6.07) is 0. The van der Waals surface area contributed by atoms with E-state index in [9.17, 15) is 8.42 Å². The third-order valence-corrected chi connectivity index (χ3v) is 0.632. The molecule has 4 nitrogen and oxygen atoms in total. The standard InChI is InChI=1S/CH5NO3S.Sr/c2-1-6(3,4)5;/h1-2H2,(H,3,4,5);. The molecule has 2 radical (unpaired) electrons. The van der Waals surface area contributed by atoms with Gasteiger partial charge in [0.25, 0.3) is 10.1 Å². The van der Waals surface area contributed by atoms with E-state index in [2.05, 4.69) is 5.73 Å². The monoisotopic (exact) mass is 199 g/mol. The van der Waals surface area contributed by atoms with Crippen molar-refractivity contribution in [1.82, 2.24) is 0 Å². The second kappa shape index (κ2) is 4.25. The van der Waals surface area contributed by atoms with Gasteiger partial charge >= 0.3 is 0 Å². The van der Waals surface area contributed by atoms with E-state index < -0.39 is 16.0 Å². The molecule has 0 amide bonds. The van der Waals surface area contributed by atoms with Crippen LogP contribution in [0.15, 0.2) is 0 Å². The van der Waals surface area contributed by atoms with Gasteiger partial charge in [-0.05, 0) is 0 Å². The second-order valence-corrected chi connectivity index (χ2v) is 2.25. The zero-order chi connectivity index (χ0) is 5.21. The van der Waals surface area contributed by atoms with Crippen LogP contribution < -0.4 is 5.73 Å². The molecule has 0 unspecified atom stereocenters. The smallest absolute Gasteiger partial charge is 0.277 e. The molecule has 0 aromatic rings. The minimum absolute atomic E-state index is 0. The predicted molar refractivity (Wildman–Crippen MR) is 26.4 cm³/mol. The fourth-order valence-corrected chi connectivity index (χ4v) is 0. The van der Waals surface area contributed by atoms with E-state index in [4.69, 9.17) is 4.55 Å². The van der Waals surface area contributed by atoms with Gasteiger partial charge in [0.1, 0.15) is 5.88 Å². The van der Waals surface area contributed by atoms with Crippen molar-refractivity contribution in [3.63, 3.8) is 0 Å². The first-order valence-electron chi connectivity index (χ1n) is 1.21. The van der Waals surface area contributed by atoms with Crippen LogP contribution in [0.5, 0.6) is 0 Å². The van der Waals surface area contributed by atoms with Crippen molar-refractivity contribution in [2.45, 2.75) is 0 Å². The predicted octanol–water partition coefficient (Wildman–Crippen LogP) is -1.59. The number of nitrogens with two attached hydrogens (primary N) is 1. The van der Waals surface area contributed by atoms with Crippen LogP contribution in [-0.4, -0.2) is 64.3 Å². The Hall–Kier alpha value is 1.35. The van der Waals surface area contributed by atoms with Gasteiger partial charge in [-0.2, -0.15) is 8.42 Å². The zero-order valence-corrected chi connectivity index (χ0v) is 7.96. The van der Waals surface area contributed by atoms with Crippen molar-refractivity contribution in [2.75, 3.05) is 5.88 Å². The third kappa shape index (κ3) is 11.1. The first-order valence-corrected chi connectivity index (χ1v) is 2.82. The molecule has 6 heteroatoms. The Labute approximate surface area is 79.1 Å². The van der Waals surface area contributed by atoms with Crippen molar-refractivity contribution in [3.05, 3.63) is 0 Å². The van der Waals surface area contributed by atoms with E-state index in [1.165, 1.54) is 0 Å². The van der Waals surface area contributed by atoms with Crippen LogP contribution in [0.4, 0.5) is 0 Å². The van der Waals surface area contributed by atoms with E-state index in [1.807, 2.05) is 0 Å². The van der Waals surface area contributed by atoms with Gasteiger partial charge in [-0.1, -0.05) is 0 Å². The summed E-state index contributed by atoms with van der Waals surface area (Å²) in [5, 5.41) is 0. The Kier molecular flexibility index (Phi) is 6.79. The summed E-state index contributed by atoms with van der Waals surface area (Å²) in [5.74, 6) is -0.701. The Balaban J connectivity index is 0. The molecule has 0 fully saturated rings. The molecule has 0 aliphatic carbocycles. The van der Waals surface area contributed by atoms with Crippen LogP contribution in [0.25, 0.3) is 0 Å².